The maximum absolute atomic E-state index is 13.0. The summed E-state index contributed by atoms with van der Waals surface area (Å²) >= 11 is 11.9. The lowest BCUT2D eigenvalue weighted by Crippen LogP contribution is -2.08. The lowest BCUT2D eigenvalue weighted by atomic mass is 10.1. The van der Waals surface area contributed by atoms with Gasteiger partial charge in [0.2, 0.25) is 0 Å². The van der Waals surface area contributed by atoms with Gasteiger partial charge in [-0.3, -0.25) is 0 Å². The fourth-order valence-electron chi connectivity index (χ4n) is 1.77. The molecule has 0 aliphatic rings. The predicted octanol–water partition coefficient (Wildman–Crippen LogP) is 5.03. The minimum Gasteiger partial charge on any atom is -0.216 e. The first-order valence-electron chi connectivity index (χ1n) is 5.73. The molecular formula is C13H9Cl2F3N2. The molecule has 0 atom stereocenters. The van der Waals surface area contributed by atoms with Gasteiger partial charge in [-0.2, -0.15) is 13.2 Å². The summed E-state index contributed by atoms with van der Waals surface area (Å²) < 4.78 is 38.9. The van der Waals surface area contributed by atoms with Gasteiger partial charge in [-0.05, 0) is 12.5 Å². The van der Waals surface area contributed by atoms with Crippen LogP contribution in [0.15, 0.2) is 24.3 Å². The number of nitrogens with zero attached hydrogens (tertiary/aromatic N) is 2. The number of halogens is 5. The molecule has 2 rings (SSSR count). The van der Waals surface area contributed by atoms with Crippen molar-refractivity contribution >= 4 is 23.2 Å². The Morgan fingerprint density at radius 2 is 1.60 bits per heavy atom. The van der Waals surface area contributed by atoms with Crippen molar-refractivity contribution in [2.24, 2.45) is 0 Å². The van der Waals surface area contributed by atoms with Crippen molar-refractivity contribution in [3.8, 4) is 11.4 Å². The predicted molar refractivity (Wildman–Crippen MR) is 71.9 cm³/mol. The van der Waals surface area contributed by atoms with Gasteiger partial charge in [-0.25, -0.2) is 9.97 Å². The van der Waals surface area contributed by atoms with E-state index in [4.69, 9.17) is 23.2 Å². The summed E-state index contributed by atoms with van der Waals surface area (Å²) in [6.07, 6.45) is -4.00. The molecule has 0 aliphatic heterocycles. The van der Waals surface area contributed by atoms with Gasteiger partial charge in [0, 0.05) is 11.1 Å². The molecule has 0 fully saturated rings. The number of rotatable bonds is 2. The van der Waals surface area contributed by atoms with Crippen molar-refractivity contribution in [1.29, 1.82) is 0 Å². The quantitative estimate of drug-likeness (QED) is 0.725. The minimum absolute atomic E-state index is 0.0690. The molecule has 106 valence electrons. The summed E-state index contributed by atoms with van der Waals surface area (Å²) in [6.45, 7) is 1.81. The highest BCUT2D eigenvalue weighted by Gasteiger charge is 2.34. The molecule has 2 nitrogen and oxygen atoms in total. The summed E-state index contributed by atoms with van der Waals surface area (Å²) in [5.74, 6) is -0.134. The van der Waals surface area contributed by atoms with Gasteiger partial charge >= 0.3 is 6.18 Å². The Labute approximate surface area is 123 Å². The molecule has 1 aromatic heterocycles. The molecule has 0 saturated carbocycles. The van der Waals surface area contributed by atoms with Gasteiger partial charge in [0.25, 0.3) is 0 Å². The van der Waals surface area contributed by atoms with E-state index in [9.17, 15) is 13.2 Å². The highest BCUT2D eigenvalue weighted by Crippen LogP contribution is 2.36. The van der Waals surface area contributed by atoms with E-state index in [0.717, 1.165) is 6.07 Å². The molecule has 0 bridgehead atoms. The normalized spacial score (nSPS) is 11.7. The standard InChI is InChI=1S/C13H9Cl2F3N2/c1-2-7-10(14)19-12(20-11(7)15)8-5-3-4-6-9(8)13(16,17)18/h3-6H,2H2,1H3. The first-order chi connectivity index (χ1) is 9.34. The van der Waals surface area contributed by atoms with E-state index in [1.165, 1.54) is 18.2 Å². The first kappa shape index (κ1) is 15.1. The van der Waals surface area contributed by atoms with Crippen LogP contribution in [0.2, 0.25) is 10.3 Å². The van der Waals surface area contributed by atoms with Crippen molar-refractivity contribution in [3.63, 3.8) is 0 Å². The molecule has 0 N–H and O–H groups in total. The zero-order valence-corrected chi connectivity index (χ0v) is 11.8. The van der Waals surface area contributed by atoms with E-state index in [1.54, 1.807) is 6.92 Å². The Morgan fingerprint density at radius 1 is 1.05 bits per heavy atom. The zero-order valence-electron chi connectivity index (χ0n) is 10.3. The molecule has 0 saturated heterocycles. The van der Waals surface area contributed by atoms with Crippen molar-refractivity contribution in [3.05, 3.63) is 45.7 Å². The van der Waals surface area contributed by atoms with Crippen LogP contribution in [-0.4, -0.2) is 9.97 Å². The van der Waals surface area contributed by atoms with Crippen LogP contribution in [-0.2, 0) is 12.6 Å². The third kappa shape index (κ3) is 2.88. The van der Waals surface area contributed by atoms with Crippen LogP contribution in [0.5, 0.6) is 0 Å². The second kappa shape index (κ2) is 5.58. The van der Waals surface area contributed by atoms with Gasteiger partial charge in [-0.15, -0.1) is 0 Å². The van der Waals surface area contributed by atoms with Gasteiger partial charge in [0.15, 0.2) is 5.82 Å². The third-order valence-electron chi connectivity index (χ3n) is 2.73. The minimum atomic E-state index is -4.50. The summed E-state index contributed by atoms with van der Waals surface area (Å²) in [5, 5.41) is 0.138. The Bertz CT molecular complexity index is 619. The SMILES string of the molecule is CCc1c(Cl)nc(-c2ccccc2C(F)(F)F)nc1Cl. The highest BCUT2D eigenvalue weighted by molar-refractivity contribution is 6.34. The van der Waals surface area contributed by atoms with E-state index in [0.29, 0.717) is 12.0 Å². The van der Waals surface area contributed by atoms with Gasteiger partial charge < -0.3 is 0 Å². The van der Waals surface area contributed by atoms with Gasteiger partial charge in [0.1, 0.15) is 10.3 Å². The zero-order chi connectivity index (χ0) is 14.9. The topological polar surface area (TPSA) is 25.8 Å². The van der Waals surface area contributed by atoms with Crippen LogP contribution in [0.25, 0.3) is 11.4 Å². The van der Waals surface area contributed by atoms with Crippen LogP contribution in [0.4, 0.5) is 13.2 Å². The molecule has 0 radical (unpaired) electrons. The number of hydrogen-bond acceptors (Lipinski definition) is 2. The Kier molecular flexibility index (Phi) is 4.20. The lowest BCUT2D eigenvalue weighted by molar-refractivity contribution is -0.137. The van der Waals surface area contributed by atoms with E-state index >= 15 is 0 Å². The lowest BCUT2D eigenvalue weighted by Gasteiger charge is -2.12. The smallest absolute Gasteiger partial charge is 0.216 e. The summed E-state index contributed by atoms with van der Waals surface area (Å²) in [6, 6.07) is 5.03. The van der Waals surface area contributed by atoms with E-state index < -0.39 is 11.7 Å². The van der Waals surface area contributed by atoms with Gasteiger partial charge in [-0.1, -0.05) is 48.3 Å². The number of aromatic nitrogens is 2. The Balaban J connectivity index is 2.64. The van der Waals surface area contributed by atoms with Crippen LogP contribution in [0.3, 0.4) is 0 Å². The van der Waals surface area contributed by atoms with Crippen LogP contribution < -0.4 is 0 Å². The molecule has 7 heteroatoms. The second-order valence-electron chi connectivity index (χ2n) is 4.00. The molecule has 0 aliphatic carbocycles. The molecule has 0 spiro atoms. The van der Waals surface area contributed by atoms with Crippen LogP contribution >= 0.6 is 23.2 Å². The van der Waals surface area contributed by atoms with Crippen molar-refractivity contribution < 1.29 is 13.2 Å². The largest absolute Gasteiger partial charge is 0.417 e. The molecule has 1 aromatic carbocycles. The number of hydrogen-bond donors (Lipinski definition) is 0. The van der Waals surface area contributed by atoms with Crippen molar-refractivity contribution in [1.82, 2.24) is 9.97 Å². The van der Waals surface area contributed by atoms with E-state index in [1.807, 2.05) is 0 Å². The third-order valence-corrected chi connectivity index (χ3v) is 3.36. The molecular weight excluding hydrogens is 312 g/mol. The highest BCUT2D eigenvalue weighted by atomic mass is 35.5. The molecule has 2 aromatic rings. The second-order valence-corrected chi connectivity index (χ2v) is 4.72. The van der Waals surface area contributed by atoms with E-state index in [2.05, 4.69) is 9.97 Å². The summed E-state index contributed by atoms with van der Waals surface area (Å²) in [7, 11) is 0. The maximum atomic E-state index is 13.0. The average Bonchev–Trinajstić information content (AvgIpc) is 2.37. The Morgan fingerprint density at radius 3 is 2.10 bits per heavy atom. The first-order valence-corrected chi connectivity index (χ1v) is 6.48. The number of alkyl halides is 3. The van der Waals surface area contributed by atoms with E-state index in [-0.39, 0.29) is 21.7 Å². The fraction of sp³-hybridized carbons (Fsp3) is 0.231. The summed E-state index contributed by atoms with van der Waals surface area (Å²) in [5.41, 5.74) is -0.454. The monoisotopic (exact) mass is 320 g/mol. The van der Waals surface area contributed by atoms with Crippen molar-refractivity contribution in [2.45, 2.75) is 19.5 Å². The van der Waals surface area contributed by atoms with Crippen LogP contribution in [0.1, 0.15) is 18.1 Å². The Hall–Kier alpha value is -1.33. The van der Waals surface area contributed by atoms with Crippen LogP contribution in [0, 0.1) is 0 Å². The maximum Gasteiger partial charge on any atom is 0.417 e. The average molecular weight is 321 g/mol. The number of benzene rings is 1. The molecule has 0 unspecified atom stereocenters. The van der Waals surface area contributed by atoms with Gasteiger partial charge in [0.05, 0.1) is 5.56 Å². The molecule has 20 heavy (non-hydrogen) atoms. The molecule has 0 amide bonds. The van der Waals surface area contributed by atoms with Crippen molar-refractivity contribution in [2.75, 3.05) is 0 Å². The molecule has 1 heterocycles. The summed E-state index contributed by atoms with van der Waals surface area (Å²) in [4.78, 5) is 7.84. The fourth-order valence-corrected chi connectivity index (χ4v) is 2.42.